The molecule has 0 heterocycles. The minimum atomic E-state index is -0.368. The Kier molecular flexibility index (Phi) is 14.3. The third kappa shape index (κ3) is 9.84. The summed E-state index contributed by atoms with van der Waals surface area (Å²) in [6, 6.07) is 54.0. The van der Waals surface area contributed by atoms with E-state index in [0.717, 1.165) is 22.4 Å². The van der Waals surface area contributed by atoms with Crippen molar-refractivity contribution in [2.75, 3.05) is 0 Å². The summed E-state index contributed by atoms with van der Waals surface area (Å²) in [5.74, 6) is 0. The third-order valence-corrected chi connectivity index (χ3v) is 8.58. The topological polar surface area (TPSA) is 0 Å². The average Bonchev–Trinajstić information content (AvgIpc) is 3.74. The molecule has 0 spiro atoms. The van der Waals surface area contributed by atoms with Gasteiger partial charge in [-0.05, 0) is 24.0 Å². The summed E-state index contributed by atoms with van der Waals surface area (Å²) >= 11 is -0.368. The van der Waals surface area contributed by atoms with Crippen LogP contribution in [0.4, 0.5) is 0 Å². The number of halogens is 2. The predicted molar refractivity (Wildman–Crippen MR) is 198 cm³/mol. The molecule has 7 aromatic rings. The molecule has 0 atom stereocenters. The summed E-state index contributed by atoms with van der Waals surface area (Å²) in [5, 5.41) is 6.88. The van der Waals surface area contributed by atoms with Crippen molar-refractivity contribution in [1.29, 1.82) is 0 Å². The van der Waals surface area contributed by atoms with Gasteiger partial charge in [0.1, 0.15) is 0 Å². The van der Waals surface area contributed by atoms with Gasteiger partial charge >= 0.3 is 34.1 Å². The molecule has 0 aliphatic heterocycles. The summed E-state index contributed by atoms with van der Waals surface area (Å²) in [6.45, 7) is 6.60. The first-order chi connectivity index (χ1) is 22.1. The molecule has 0 nitrogen and oxygen atoms in total. The van der Waals surface area contributed by atoms with Crippen LogP contribution in [-0.4, -0.2) is 9.52 Å². The molecular weight excluding hydrogens is 642 g/mol. The first kappa shape index (κ1) is 34.6. The van der Waals surface area contributed by atoms with E-state index in [-0.39, 0.29) is 14.4 Å². The summed E-state index contributed by atoms with van der Waals surface area (Å²) in [6.07, 6.45) is 2.20. The van der Waals surface area contributed by atoms with Crippen LogP contribution in [-0.2, 0) is 27.2 Å². The number of benzene rings is 5. The monoisotopic (exact) mass is 679 g/mol. The Morgan fingerprint density at radius 2 is 0.911 bits per heavy atom. The molecule has 0 bridgehead atoms. The second-order valence-electron chi connectivity index (χ2n) is 10.5. The van der Waals surface area contributed by atoms with Crippen molar-refractivity contribution in [3.05, 3.63) is 163 Å². The van der Waals surface area contributed by atoms with Gasteiger partial charge in [-0.1, -0.05) is 140 Å². The van der Waals surface area contributed by atoms with E-state index in [2.05, 4.69) is 166 Å². The van der Waals surface area contributed by atoms with Crippen molar-refractivity contribution in [3.8, 4) is 22.3 Å². The molecule has 4 heteroatoms. The van der Waals surface area contributed by atoms with Gasteiger partial charge in [-0.3, -0.25) is 0 Å². The van der Waals surface area contributed by atoms with E-state index in [9.17, 15) is 0 Å². The van der Waals surface area contributed by atoms with Crippen LogP contribution in [0.3, 0.4) is 0 Å². The van der Waals surface area contributed by atoms with Crippen molar-refractivity contribution < 1.29 is 14.4 Å². The normalized spacial score (nSPS) is 10.2. The summed E-state index contributed by atoms with van der Waals surface area (Å²) in [5.41, 5.74) is 8.11. The number of fused-ring (bicyclic) bond motifs is 2. The van der Waals surface area contributed by atoms with Gasteiger partial charge < -0.3 is 0 Å². The predicted octanol–water partition coefficient (Wildman–Crippen LogP) is 12.0. The van der Waals surface area contributed by atoms with Gasteiger partial charge in [-0.25, -0.2) is 0 Å². The number of hydrogen-bond donors (Lipinski definition) is 0. The zero-order valence-electron chi connectivity index (χ0n) is 26.1. The van der Waals surface area contributed by atoms with Crippen molar-refractivity contribution >= 4 is 55.9 Å². The van der Waals surface area contributed by atoms with Gasteiger partial charge in [0, 0.05) is 0 Å². The Balaban J connectivity index is 0.000000156. The molecule has 0 aromatic heterocycles. The maximum absolute atomic E-state index is 4.86. The van der Waals surface area contributed by atoms with Gasteiger partial charge in [0.15, 0.2) is 0 Å². The molecule has 45 heavy (non-hydrogen) atoms. The zero-order valence-corrected chi connectivity index (χ0v) is 30.0. The van der Waals surface area contributed by atoms with E-state index in [1.54, 1.807) is 0 Å². The molecule has 0 aliphatic rings. The molecule has 0 amide bonds. The standard InChI is InChI=1S/2C17H15.C7H8Si.2ClH.V/c2*1-2-13-11-15-9-6-10-16(17(15)12-13)14-7-4-3-5-8-14;1-8-7-5-3-2-4-6-7;;;/h2*3-12H,2H2,1H3;2-6H,1H3;2*1H;/q2*-1;;;;+2/p-2. The van der Waals surface area contributed by atoms with Crippen molar-refractivity contribution in [2.24, 2.45) is 0 Å². The van der Waals surface area contributed by atoms with Crippen molar-refractivity contribution in [1.82, 2.24) is 0 Å². The molecule has 2 radical (unpaired) electrons. The number of aryl methyl sites for hydroxylation is 2. The van der Waals surface area contributed by atoms with Crippen LogP contribution < -0.4 is 5.19 Å². The first-order valence-corrected chi connectivity index (χ1v) is 20.6. The van der Waals surface area contributed by atoms with Gasteiger partial charge in [0.2, 0.25) is 0 Å². The van der Waals surface area contributed by atoms with Gasteiger partial charge in [-0.2, -0.15) is 12.1 Å². The summed E-state index contributed by atoms with van der Waals surface area (Å²) < 4.78 is 0. The molecule has 0 saturated heterocycles. The van der Waals surface area contributed by atoms with E-state index in [1.807, 2.05) is 6.07 Å². The van der Waals surface area contributed by atoms with E-state index >= 15 is 0 Å². The van der Waals surface area contributed by atoms with E-state index in [4.69, 9.17) is 19.7 Å². The SMILES string of the molecule is CCc1cc2c(-c3ccccc3)cccc2[cH-]1.CCc1cc2c(-c3ccccc3)cccc2[cH-]1.C[Si]c1ccccc1.[Cl][V][Cl]. The van der Waals surface area contributed by atoms with Crippen LogP contribution in [0.5, 0.6) is 0 Å². The van der Waals surface area contributed by atoms with Crippen molar-refractivity contribution in [3.63, 3.8) is 0 Å². The fraction of sp³-hybridized carbons (Fsp3) is 0.122. The van der Waals surface area contributed by atoms with Crippen LogP contribution in [0.15, 0.2) is 152 Å². The van der Waals surface area contributed by atoms with Crippen molar-refractivity contribution in [2.45, 2.75) is 33.2 Å². The van der Waals surface area contributed by atoms with Crippen LogP contribution >= 0.6 is 19.7 Å². The quantitative estimate of drug-likeness (QED) is 0.125. The molecule has 7 rings (SSSR count). The molecule has 0 N–H and O–H groups in total. The van der Waals surface area contributed by atoms with E-state index < -0.39 is 0 Å². The van der Waals surface area contributed by atoms with Gasteiger partial charge in [0.25, 0.3) is 0 Å². The first-order valence-electron chi connectivity index (χ1n) is 15.2. The summed E-state index contributed by atoms with van der Waals surface area (Å²) in [4.78, 5) is 0. The summed E-state index contributed by atoms with van der Waals surface area (Å²) in [7, 11) is 10.6. The van der Waals surface area contributed by atoms with Crippen LogP contribution in [0.1, 0.15) is 25.0 Å². The Morgan fingerprint density at radius 3 is 1.24 bits per heavy atom. The fourth-order valence-electron chi connectivity index (χ4n) is 5.35. The molecule has 0 aliphatic carbocycles. The minimum absolute atomic E-state index is 0.368. The average molecular weight is 681 g/mol. The van der Waals surface area contributed by atoms with Crippen LogP contribution in [0.25, 0.3) is 43.8 Å². The van der Waals surface area contributed by atoms with Gasteiger partial charge in [0.05, 0.1) is 9.52 Å². The number of hydrogen-bond acceptors (Lipinski definition) is 0. The Morgan fingerprint density at radius 1 is 0.533 bits per heavy atom. The third-order valence-electron chi connectivity index (χ3n) is 7.67. The zero-order chi connectivity index (χ0) is 31.9. The van der Waals surface area contributed by atoms with E-state index in [1.165, 1.54) is 60.1 Å². The molecule has 0 unspecified atom stereocenters. The van der Waals surface area contributed by atoms with Crippen LogP contribution in [0, 0.1) is 0 Å². The Bertz CT molecular complexity index is 1720. The molecule has 0 saturated carbocycles. The maximum atomic E-state index is 4.86. The molecule has 7 aromatic carbocycles. The molecule has 0 fully saturated rings. The van der Waals surface area contributed by atoms with Crippen LogP contribution in [0.2, 0.25) is 6.55 Å². The van der Waals surface area contributed by atoms with E-state index in [0.29, 0.717) is 0 Å². The second-order valence-corrected chi connectivity index (χ2v) is 13.8. The Labute approximate surface area is 286 Å². The number of rotatable bonds is 5. The molecule has 227 valence electrons. The fourth-order valence-corrected chi connectivity index (χ4v) is 5.87. The Hall–Kier alpha value is -3.30. The molecular formula is C41H38Cl2SiV-2. The van der Waals surface area contributed by atoms with Gasteiger partial charge in [-0.15, -0.1) is 69.1 Å². The second kappa shape index (κ2) is 18.6.